The number of rotatable bonds is 35. The zero-order valence-electron chi connectivity index (χ0n) is 44.5. The first-order valence-corrected chi connectivity index (χ1v) is 28.8. The van der Waals surface area contributed by atoms with Gasteiger partial charge in [-0.3, -0.25) is 0 Å². The molecule has 1 aliphatic heterocycles. The SMILES string of the molecule is CCCCCC=CCC=CCCCCCCCCOCC(CN1CCC(CCOC)CC1)OCCOCCO[C@H]1CC[C@@]2(C)C(=CCC3C2CC[C@@]2(C)C3CC[C@@H]2[C@H](C)CCCC(C)C)C1. The van der Waals surface area contributed by atoms with E-state index < -0.39 is 0 Å². The van der Waals surface area contributed by atoms with Crippen molar-refractivity contribution >= 4 is 0 Å². The average molecular weight is 923 g/mol. The maximum atomic E-state index is 6.55. The second kappa shape index (κ2) is 31.3. The third-order valence-electron chi connectivity index (χ3n) is 18.1. The van der Waals surface area contributed by atoms with E-state index in [0.717, 1.165) is 93.5 Å². The molecule has 0 aromatic carbocycles. The predicted molar refractivity (Wildman–Crippen MR) is 279 cm³/mol. The summed E-state index contributed by atoms with van der Waals surface area (Å²) in [4.78, 5) is 2.59. The van der Waals surface area contributed by atoms with Crippen LogP contribution in [-0.4, -0.2) is 90.1 Å². The summed E-state index contributed by atoms with van der Waals surface area (Å²) in [6.45, 7) is 23.2. The van der Waals surface area contributed by atoms with E-state index in [2.05, 4.69) is 76.8 Å². The Morgan fingerprint density at radius 1 is 0.712 bits per heavy atom. The topological polar surface area (TPSA) is 49.4 Å². The van der Waals surface area contributed by atoms with Gasteiger partial charge in [0.2, 0.25) is 0 Å². The molecule has 0 amide bonds. The van der Waals surface area contributed by atoms with Gasteiger partial charge in [-0.05, 0) is 174 Å². The molecule has 0 spiro atoms. The molecule has 1 heterocycles. The van der Waals surface area contributed by atoms with Crippen LogP contribution in [0.5, 0.6) is 0 Å². The molecule has 5 rings (SSSR count). The average Bonchev–Trinajstić information content (AvgIpc) is 3.67. The first-order chi connectivity index (χ1) is 32.2. The van der Waals surface area contributed by atoms with Gasteiger partial charge in [0.05, 0.1) is 45.2 Å². The fraction of sp³-hybridized carbons (Fsp3) is 0.900. The number of methoxy groups -OCH3 is 1. The summed E-state index contributed by atoms with van der Waals surface area (Å²) in [6, 6.07) is 0. The van der Waals surface area contributed by atoms with Gasteiger partial charge in [-0.2, -0.15) is 0 Å². The number of ether oxygens (including phenoxy) is 5. The molecular weight excluding hydrogens is 815 g/mol. The van der Waals surface area contributed by atoms with Gasteiger partial charge in [0.25, 0.3) is 0 Å². The molecule has 4 fully saturated rings. The van der Waals surface area contributed by atoms with Crippen LogP contribution in [-0.2, 0) is 23.7 Å². The van der Waals surface area contributed by atoms with Crippen molar-refractivity contribution in [3.8, 4) is 0 Å². The number of hydrogen-bond donors (Lipinski definition) is 0. The summed E-state index contributed by atoms with van der Waals surface area (Å²) in [5, 5.41) is 0. The molecule has 0 N–H and O–H groups in total. The largest absolute Gasteiger partial charge is 0.385 e. The van der Waals surface area contributed by atoms with Crippen molar-refractivity contribution in [2.75, 3.05) is 73.0 Å². The fourth-order valence-electron chi connectivity index (χ4n) is 14.0. The Kier molecular flexibility index (Phi) is 26.5. The van der Waals surface area contributed by atoms with Gasteiger partial charge in [0.15, 0.2) is 0 Å². The van der Waals surface area contributed by atoms with Gasteiger partial charge in [-0.25, -0.2) is 0 Å². The minimum atomic E-state index is 0.0843. The zero-order valence-corrected chi connectivity index (χ0v) is 44.5. The van der Waals surface area contributed by atoms with Crippen LogP contribution in [0.25, 0.3) is 0 Å². The Morgan fingerprint density at radius 3 is 2.21 bits per heavy atom. The second-order valence-corrected chi connectivity index (χ2v) is 23.3. The molecule has 66 heavy (non-hydrogen) atoms. The van der Waals surface area contributed by atoms with Crippen molar-refractivity contribution in [1.29, 1.82) is 0 Å². The van der Waals surface area contributed by atoms with E-state index in [9.17, 15) is 0 Å². The molecule has 1 saturated heterocycles. The van der Waals surface area contributed by atoms with Gasteiger partial charge < -0.3 is 28.6 Å². The highest BCUT2D eigenvalue weighted by Crippen LogP contribution is 2.67. The van der Waals surface area contributed by atoms with Crippen molar-refractivity contribution in [2.45, 2.75) is 221 Å². The number of piperidine rings is 1. The second-order valence-electron chi connectivity index (χ2n) is 23.3. The molecule has 5 aliphatic rings. The Balaban J connectivity index is 0.941. The van der Waals surface area contributed by atoms with Crippen LogP contribution < -0.4 is 0 Å². The van der Waals surface area contributed by atoms with Crippen LogP contribution >= 0.6 is 0 Å². The van der Waals surface area contributed by atoms with Crippen molar-refractivity contribution in [3.05, 3.63) is 36.0 Å². The van der Waals surface area contributed by atoms with Crippen molar-refractivity contribution in [1.82, 2.24) is 4.90 Å². The molecule has 0 aromatic rings. The summed E-state index contributed by atoms with van der Waals surface area (Å²) in [5.41, 5.74) is 2.67. The maximum absolute atomic E-state index is 6.55. The fourth-order valence-corrected chi connectivity index (χ4v) is 14.0. The highest BCUT2D eigenvalue weighted by Gasteiger charge is 2.59. The molecule has 4 unspecified atom stereocenters. The van der Waals surface area contributed by atoms with E-state index >= 15 is 0 Å². The Hall–Kier alpha value is -1.02. The molecule has 6 nitrogen and oxygen atoms in total. The van der Waals surface area contributed by atoms with E-state index in [1.807, 2.05) is 7.11 Å². The monoisotopic (exact) mass is 922 g/mol. The summed E-state index contributed by atoms with van der Waals surface area (Å²) < 4.78 is 30.8. The lowest BCUT2D eigenvalue weighted by atomic mass is 9.47. The van der Waals surface area contributed by atoms with Gasteiger partial charge in [0.1, 0.15) is 0 Å². The number of likely N-dealkylation sites (tertiary alicyclic amines) is 1. The van der Waals surface area contributed by atoms with Crippen LogP contribution in [0.15, 0.2) is 36.0 Å². The summed E-state index contributed by atoms with van der Waals surface area (Å²) in [5.74, 6) is 6.12. The smallest absolute Gasteiger partial charge is 0.0936 e. The van der Waals surface area contributed by atoms with Gasteiger partial charge >= 0.3 is 0 Å². The third-order valence-corrected chi connectivity index (χ3v) is 18.1. The molecule has 4 aliphatic carbocycles. The first-order valence-electron chi connectivity index (χ1n) is 28.8. The minimum Gasteiger partial charge on any atom is -0.385 e. The van der Waals surface area contributed by atoms with E-state index in [4.69, 9.17) is 23.7 Å². The Bertz CT molecular complexity index is 1350. The van der Waals surface area contributed by atoms with Crippen LogP contribution in [0.3, 0.4) is 0 Å². The lowest BCUT2D eigenvalue weighted by Crippen LogP contribution is -2.51. The quantitative estimate of drug-likeness (QED) is 0.0466. The number of fused-ring (bicyclic) bond motifs is 5. The van der Waals surface area contributed by atoms with Crippen molar-refractivity contribution < 1.29 is 23.7 Å². The van der Waals surface area contributed by atoms with Gasteiger partial charge in [-0.1, -0.05) is 135 Å². The molecule has 6 heteroatoms. The molecule has 382 valence electrons. The standard InChI is InChI=1S/C60H107NO5/c1-8-9-10-11-12-13-14-15-16-17-18-19-20-21-22-23-40-64-48-54(47-61-38-33-51(34-39-61)35-41-62-7)66-45-43-63-42-44-65-53-31-36-59(5)52(46-53)27-28-55-57-30-29-56(50(4)26-24-25-49(2)3)60(57,6)37-32-58(55)59/h12-13,15-16,27,49-51,53-58H,8-11,14,17-26,28-48H2,1-7H3/t50-,53+,54?,55?,56-,57?,58?,59+,60-/m1/s1. The van der Waals surface area contributed by atoms with Gasteiger partial charge in [0, 0.05) is 26.9 Å². The molecule has 0 aromatic heterocycles. The lowest BCUT2D eigenvalue weighted by Gasteiger charge is -2.58. The van der Waals surface area contributed by atoms with E-state index in [1.165, 1.54) is 148 Å². The number of allylic oxidation sites excluding steroid dienone is 5. The van der Waals surface area contributed by atoms with Gasteiger partial charge in [-0.15, -0.1) is 0 Å². The van der Waals surface area contributed by atoms with Crippen LogP contribution in [0.2, 0.25) is 0 Å². The maximum Gasteiger partial charge on any atom is 0.0936 e. The van der Waals surface area contributed by atoms with Crippen LogP contribution in [0.4, 0.5) is 0 Å². The highest BCUT2D eigenvalue weighted by atomic mass is 16.6. The summed E-state index contributed by atoms with van der Waals surface area (Å²) >= 11 is 0. The normalized spacial score (nSPS) is 29.4. The minimum absolute atomic E-state index is 0.0843. The molecule has 0 bridgehead atoms. The summed E-state index contributed by atoms with van der Waals surface area (Å²) in [7, 11) is 1.82. The molecule has 3 saturated carbocycles. The molecular formula is C60H107NO5. The van der Waals surface area contributed by atoms with Crippen molar-refractivity contribution in [2.24, 2.45) is 52.3 Å². The number of unbranched alkanes of at least 4 members (excludes halogenated alkanes) is 9. The van der Waals surface area contributed by atoms with Crippen molar-refractivity contribution in [3.63, 3.8) is 0 Å². The van der Waals surface area contributed by atoms with Crippen LogP contribution in [0.1, 0.15) is 208 Å². The molecule has 0 radical (unpaired) electrons. The Morgan fingerprint density at radius 2 is 1.45 bits per heavy atom. The van der Waals surface area contributed by atoms with Crippen LogP contribution in [0, 0.1) is 52.3 Å². The Labute approximate surface area is 409 Å². The summed E-state index contributed by atoms with van der Waals surface area (Å²) in [6.07, 6.45) is 46.5. The zero-order chi connectivity index (χ0) is 46.9. The number of nitrogens with zero attached hydrogens (tertiary/aromatic N) is 1. The highest BCUT2D eigenvalue weighted by molar-refractivity contribution is 5.25. The van der Waals surface area contributed by atoms with E-state index in [-0.39, 0.29) is 6.10 Å². The molecule has 9 atom stereocenters. The number of hydrogen-bond acceptors (Lipinski definition) is 6. The van der Waals surface area contributed by atoms with E-state index in [0.29, 0.717) is 50.0 Å². The third kappa shape index (κ3) is 18.3. The predicted octanol–water partition coefficient (Wildman–Crippen LogP) is 15.4. The lowest BCUT2D eigenvalue weighted by molar-refractivity contribution is -0.0740. The first kappa shape index (κ1) is 55.9. The van der Waals surface area contributed by atoms with E-state index in [1.54, 1.807) is 5.57 Å².